The molecule has 0 aromatic heterocycles. The van der Waals surface area contributed by atoms with E-state index < -0.39 is 0 Å². The zero-order valence-corrected chi connectivity index (χ0v) is 15.6. The smallest absolute Gasteiger partial charge is 0.0110 e. The van der Waals surface area contributed by atoms with Crippen molar-refractivity contribution in [3.8, 4) is 0 Å². The summed E-state index contributed by atoms with van der Waals surface area (Å²) in [6.45, 7) is 24.2. The molecule has 0 N–H and O–H groups in total. The number of likely N-dealkylation sites (N-methyl/N-ethyl adjacent to an activating group) is 4. The van der Waals surface area contributed by atoms with E-state index in [0.29, 0.717) is 0 Å². The van der Waals surface area contributed by atoms with Crippen LogP contribution in [-0.4, -0.2) is 98.6 Å². The normalized spacial score (nSPS) is 12.3. The number of hydrogen-bond acceptors (Lipinski definition) is 4. The van der Waals surface area contributed by atoms with Gasteiger partial charge in [0.05, 0.1) is 0 Å². The lowest BCUT2D eigenvalue weighted by Gasteiger charge is -2.29. The highest BCUT2D eigenvalue weighted by atomic mass is 15.2. The predicted molar refractivity (Wildman–Crippen MR) is 95.2 cm³/mol. The molecule has 0 atom stereocenters. The first kappa shape index (κ1) is 20.8. The second-order valence-electron chi connectivity index (χ2n) is 5.79. The summed E-state index contributed by atoms with van der Waals surface area (Å²) in [6.07, 6.45) is 0. The minimum absolute atomic E-state index is 1.14. The van der Waals surface area contributed by atoms with Crippen LogP contribution in [0.2, 0.25) is 0 Å². The second-order valence-corrected chi connectivity index (χ2v) is 5.79. The van der Waals surface area contributed by atoms with E-state index in [0.717, 1.165) is 19.6 Å². The molecule has 0 fully saturated rings. The Kier molecular flexibility index (Phi) is 13.4. The van der Waals surface area contributed by atoms with E-state index in [1.165, 1.54) is 52.4 Å². The Morgan fingerprint density at radius 3 is 1.10 bits per heavy atom. The van der Waals surface area contributed by atoms with Crippen molar-refractivity contribution in [1.29, 1.82) is 0 Å². The molecule has 0 radical (unpaired) electrons. The molecule has 0 spiro atoms. The van der Waals surface area contributed by atoms with Crippen LogP contribution < -0.4 is 0 Å². The van der Waals surface area contributed by atoms with Crippen LogP contribution >= 0.6 is 0 Å². The predicted octanol–water partition coefficient (Wildman–Crippen LogP) is 1.92. The maximum Gasteiger partial charge on any atom is 0.0110 e. The van der Waals surface area contributed by atoms with Crippen molar-refractivity contribution in [3.05, 3.63) is 0 Å². The van der Waals surface area contributed by atoms with Crippen molar-refractivity contribution in [2.75, 3.05) is 79.0 Å². The van der Waals surface area contributed by atoms with Crippen molar-refractivity contribution in [2.45, 2.75) is 34.6 Å². The molecule has 0 unspecified atom stereocenters. The van der Waals surface area contributed by atoms with Gasteiger partial charge in [0.15, 0.2) is 0 Å². The van der Waals surface area contributed by atoms with E-state index in [1.807, 2.05) is 0 Å². The van der Waals surface area contributed by atoms with Gasteiger partial charge in [0, 0.05) is 39.3 Å². The highest BCUT2D eigenvalue weighted by molar-refractivity contribution is 4.65. The first-order chi connectivity index (χ1) is 10.1. The number of hydrogen-bond donors (Lipinski definition) is 0. The lowest BCUT2D eigenvalue weighted by molar-refractivity contribution is 0.179. The average molecular weight is 301 g/mol. The van der Waals surface area contributed by atoms with E-state index in [4.69, 9.17) is 0 Å². The molecule has 0 aromatic carbocycles. The first-order valence-electron chi connectivity index (χ1n) is 8.96. The van der Waals surface area contributed by atoms with E-state index in [-0.39, 0.29) is 0 Å². The van der Waals surface area contributed by atoms with Crippen LogP contribution in [0.3, 0.4) is 0 Å². The monoisotopic (exact) mass is 300 g/mol. The second kappa shape index (κ2) is 13.5. The third-order valence-electron chi connectivity index (χ3n) is 4.59. The minimum Gasteiger partial charge on any atom is -0.305 e. The summed E-state index contributed by atoms with van der Waals surface area (Å²) < 4.78 is 0. The van der Waals surface area contributed by atoms with Crippen molar-refractivity contribution in [2.24, 2.45) is 0 Å². The third-order valence-corrected chi connectivity index (χ3v) is 4.59. The van der Waals surface area contributed by atoms with Crippen molar-refractivity contribution in [3.63, 3.8) is 0 Å². The summed E-state index contributed by atoms with van der Waals surface area (Å²) in [7, 11) is 2.20. The third kappa shape index (κ3) is 10.2. The van der Waals surface area contributed by atoms with Crippen molar-refractivity contribution in [1.82, 2.24) is 19.6 Å². The number of nitrogens with zero attached hydrogens (tertiary/aromatic N) is 4. The molecule has 0 rings (SSSR count). The molecule has 0 aliphatic carbocycles. The van der Waals surface area contributed by atoms with Crippen LogP contribution in [0.4, 0.5) is 0 Å². The van der Waals surface area contributed by atoms with Crippen molar-refractivity contribution < 1.29 is 0 Å². The number of rotatable bonds is 14. The highest BCUT2D eigenvalue weighted by Gasteiger charge is 2.08. The molecule has 0 bridgehead atoms. The molecule has 4 heteroatoms. The molecule has 0 aliphatic rings. The fourth-order valence-corrected chi connectivity index (χ4v) is 2.43. The first-order valence-corrected chi connectivity index (χ1v) is 8.96. The summed E-state index contributed by atoms with van der Waals surface area (Å²) in [6, 6.07) is 0. The topological polar surface area (TPSA) is 13.0 Å². The molecule has 0 saturated heterocycles. The van der Waals surface area contributed by atoms with Gasteiger partial charge in [0.1, 0.15) is 0 Å². The van der Waals surface area contributed by atoms with Gasteiger partial charge in [-0.1, -0.05) is 34.6 Å². The Hall–Kier alpha value is -0.160. The van der Waals surface area contributed by atoms with Gasteiger partial charge in [0.2, 0.25) is 0 Å². The maximum absolute atomic E-state index is 2.59. The lowest BCUT2D eigenvalue weighted by Crippen LogP contribution is -2.41. The summed E-state index contributed by atoms with van der Waals surface area (Å²) in [4.78, 5) is 10.1. The van der Waals surface area contributed by atoms with Gasteiger partial charge in [-0.15, -0.1) is 0 Å². The average Bonchev–Trinajstić information content (AvgIpc) is 2.53. The Morgan fingerprint density at radius 2 is 0.762 bits per heavy atom. The standard InChI is InChI=1S/C17H40N4/c1-7-18(6)12-13-20(10-4)16-17-21(11-5)15-14-19(8-2)9-3/h7-17H2,1-6H3. The lowest BCUT2D eigenvalue weighted by atomic mass is 10.3. The summed E-state index contributed by atoms with van der Waals surface area (Å²) >= 11 is 0. The Morgan fingerprint density at radius 1 is 0.429 bits per heavy atom. The van der Waals surface area contributed by atoms with Crippen LogP contribution in [-0.2, 0) is 0 Å². The minimum atomic E-state index is 1.14. The fraction of sp³-hybridized carbons (Fsp3) is 1.00. The fourth-order valence-electron chi connectivity index (χ4n) is 2.43. The van der Waals surface area contributed by atoms with Crippen LogP contribution in [0.15, 0.2) is 0 Å². The van der Waals surface area contributed by atoms with E-state index in [9.17, 15) is 0 Å². The molecular formula is C17H40N4. The molecule has 4 nitrogen and oxygen atoms in total. The van der Waals surface area contributed by atoms with Gasteiger partial charge in [-0.2, -0.15) is 0 Å². The zero-order chi connectivity index (χ0) is 16.1. The van der Waals surface area contributed by atoms with Gasteiger partial charge < -0.3 is 19.6 Å². The Balaban J connectivity index is 3.99. The molecule has 21 heavy (non-hydrogen) atoms. The molecule has 128 valence electrons. The molecule has 0 saturated carbocycles. The largest absolute Gasteiger partial charge is 0.305 e. The van der Waals surface area contributed by atoms with Crippen LogP contribution in [0, 0.1) is 0 Å². The molecular weight excluding hydrogens is 260 g/mol. The van der Waals surface area contributed by atoms with Gasteiger partial charge in [-0.3, -0.25) is 0 Å². The van der Waals surface area contributed by atoms with E-state index in [1.54, 1.807) is 0 Å². The van der Waals surface area contributed by atoms with E-state index >= 15 is 0 Å². The molecule has 0 aromatic rings. The van der Waals surface area contributed by atoms with Gasteiger partial charge in [-0.05, 0) is 39.8 Å². The van der Waals surface area contributed by atoms with Crippen LogP contribution in [0.25, 0.3) is 0 Å². The van der Waals surface area contributed by atoms with Crippen molar-refractivity contribution >= 4 is 0 Å². The Bertz CT molecular complexity index is 219. The SMILES string of the molecule is CCN(C)CCN(CC)CCN(CC)CCN(CC)CC. The van der Waals surface area contributed by atoms with Crippen LogP contribution in [0.1, 0.15) is 34.6 Å². The van der Waals surface area contributed by atoms with Crippen LogP contribution in [0.5, 0.6) is 0 Å². The molecule has 0 heterocycles. The Labute approximate surface area is 134 Å². The molecule has 0 amide bonds. The summed E-state index contributed by atoms with van der Waals surface area (Å²) in [5, 5.41) is 0. The van der Waals surface area contributed by atoms with E-state index in [2.05, 4.69) is 61.3 Å². The quantitative estimate of drug-likeness (QED) is 0.486. The highest BCUT2D eigenvalue weighted by Crippen LogP contribution is 1.96. The van der Waals surface area contributed by atoms with Gasteiger partial charge in [0.25, 0.3) is 0 Å². The maximum atomic E-state index is 2.59. The molecule has 0 aliphatic heterocycles. The van der Waals surface area contributed by atoms with Gasteiger partial charge in [-0.25, -0.2) is 0 Å². The van der Waals surface area contributed by atoms with Gasteiger partial charge >= 0.3 is 0 Å². The summed E-state index contributed by atoms with van der Waals surface area (Å²) in [5.74, 6) is 0. The summed E-state index contributed by atoms with van der Waals surface area (Å²) in [5.41, 5.74) is 0. The zero-order valence-electron chi connectivity index (χ0n) is 15.6.